The van der Waals surface area contributed by atoms with Gasteiger partial charge in [-0.2, -0.15) is 0 Å². The first-order chi connectivity index (χ1) is 14.7. The molecule has 31 heavy (non-hydrogen) atoms. The molecule has 2 heterocycles. The minimum absolute atomic E-state index is 0.146. The van der Waals surface area contributed by atoms with Crippen LogP contribution in [0.2, 0.25) is 0 Å². The van der Waals surface area contributed by atoms with E-state index >= 15 is 0 Å². The van der Waals surface area contributed by atoms with Gasteiger partial charge >= 0.3 is 0 Å². The molecule has 1 amide bonds. The highest BCUT2D eigenvalue weighted by Crippen LogP contribution is 2.34. The van der Waals surface area contributed by atoms with Gasteiger partial charge in [-0.25, -0.2) is 8.42 Å². The van der Waals surface area contributed by atoms with Gasteiger partial charge < -0.3 is 15.0 Å². The van der Waals surface area contributed by atoms with E-state index in [9.17, 15) is 13.2 Å². The predicted octanol–water partition coefficient (Wildman–Crippen LogP) is 2.72. The summed E-state index contributed by atoms with van der Waals surface area (Å²) in [5, 5.41) is 3.05. The summed E-state index contributed by atoms with van der Waals surface area (Å²) in [4.78, 5) is 15.1. The van der Waals surface area contributed by atoms with Crippen LogP contribution >= 0.6 is 0 Å². The molecule has 2 aliphatic heterocycles. The topological polar surface area (TPSA) is 79.0 Å². The first-order valence-corrected chi connectivity index (χ1v) is 12.4. The van der Waals surface area contributed by atoms with Gasteiger partial charge in [0.05, 0.1) is 31.2 Å². The smallest absolute Gasteiger partial charge is 0.251 e. The zero-order valence-corrected chi connectivity index (χ0v) is 19.0. The van der Waals surface area contributed by atoms with E-state index < -0.39 is 10.0 Å². The number of morpholine rings is 1. The largest absolute Gasteiger partial charge is 0.378 e. The Bertz CT molecular complexity index is 1060. The lowest BCUT2D eigenvalue weighted by molar-refractivity contribution is 0.0939. The normalized spacial score (nSPS) is 19.8. The number of hydrogen-bond donors (Lipinski definition) is 1. The number of anilines is 2. The molecule has 2 aromatic carbocycles. The molecule has 2 atom stereocenters. The lowest BCUT2D eigenvalue weighted by atomic mass is 10.0. The van der Waals surface area contributed by atoms with Gasteiger partial charge in [0.25, 0.3) is 5.91 Å². The zero-order valence-electron chi connectivity index (χ0n) is 18.2. The number of sulfonamides is 1. The summed E-state index contributed by atoms with van der Waals surface area (Å²) in [5.74, 6) is -0.169. The van der Waals surface area contributed by atoms with Gasteiger partial charge in [-0.15, -0.1) is 0 Å². The second kappa shape index (κ2) is 8.51. The van der Waals surface area contributed by atoms with Gasteiger partial charge in [0.1, 0.15) is 0 Å². The van der Waals surface area contributed by atoms with Crippen molar-refractivity contribution in [2.24, 2.45) is 0 Å². The standard InChI is InChI=1S/C23H29N3O4S/c1-16-14-20-15-19(6-9-22(20)26(16)31(3,28)29)23(27)24-17(2)18-4-7-21(8-5-18)25-10-12-30-13-11-25/h4-9,15-17H,10-14H2,1-3H3,(H,24,27). The van der Waals surface area contributed by atoms with Crippen molar-refractivity contribution >= 4 is 27.3 Å². The first kappa shape index (κ1) is 21.6. The van der Waals surface area contributed by atoms with E-state index in [-0.39, 0.29) is 18.0 Å². The lowest BCUT2D eigenvalue weighted by Gasteiger charge is -2.29. The SMILES string of the molecule is CC(NC(=O)c1ccc2c(c1)CC(C)N2S(C)(=O)=O)c1ccc(N2CCOCC2)cc1. The lowest BCUT2D eigenvalue weighted by Crippen LogP contribution is -2.36. The van der Waals surface area contributed by atoms with Crippen molar-refractivity contribution in [3.05, 3.63) is 59.2 Å². The Labute approximate surface area is 184 Å². The Morgan fingerprint density at radius 2 is 1.81 bits per heavy atom. The Morgan fingerprint density at radius 1 is 1.13 bits per heavy atom. The van der Waals surface area contributed by atoms with Crippen LogP contribution in [-0.4, -0.2) is 52.9 Å². The molecule has 2 aromatic rings. The molecule has 166 valence electrons. The maximum absolute atomic E-state index is 12.8. The number of fused-ring (bicyclic) bond motifs is 1. The maximum Gasteiger partial charge on any atom is 0.251 e. The number of benzene rings is 2. The Hall–Kier alpha value is -2.58. The molecule has 0 bridgehead atoms. The Balaban J connectivity index is 1.44. The number of rotatable bonds is 5. The second-order valence-electron chi connectivity index (χ2n) is 8.34. The molecule has 0 spiro atoms. The van der Waals surface area contributed by atoms with Crippen LogP contribution in [-0.2, 0) is 21.2 Å². The number of ether oxygens (including phenoxy) is 1. The predicted molar refractivity (Wildman–Crippen MR) is 122 cm³/mol. The van der Waals surface area contributed by atoms with Gasteiger partial charge in [0, 0.05) is 30.4 Å². The van der Waals surface area contributed by atoms with E-state index in [0.29, 0.717) is 17.7 Å². The number of nitrogens with zero attached hydrogens (tertiary/aromatic N) is 2. The highest BCUT2D eigenvalue weighted by molar-refractivity contribution is 7.92. The molecule has 4 rings (SSSR count). The quantitative estimate of drug-likeness (QED) is 0.769. The molecule has 1 saturated heterocycles. The van der Waals surface area contributed by atoms with Crippen LogP contribution in [0.4, 0.5) is 11.4 Å². The highest BCUT2D eigenvalue weighted by atomic mass is 32.2. The summed E-state index contributed by atoms with van der Waals surface area (Å²) in [6, 6.07) is 13.2. The number of amides is 1. The fourth-order valence-electron chi connectivity index (χ4n) is 4.41. The van der Waals surface area contributed by atoms with Gasteiger partial charge in [-0.3, -0.25) is 9.10 Å². The Morgan fingerprint density at radius 3 is 2.45 bits per heavy atom. The van der Waals surface area contributed by atoms with Crippen LogP contribution in [0.3, 0.4) is 0 Å². The summed E-state index contributed by atoms with van der Waals surface area (Å²) >= 11 is 0. The van der Waals surface area contributed by atoms with Gasteiger partial charge in [-0.1, -0.05) is 12.1 Å². The van der Waals surface area contributed by atoms with Gasteiger partial charge in [0.15, 0.2) is 0 Å². The van der Waals surface area contributed by atoms with E-state index in [1.807, 2.05) is 26.0 Å². The second-order valence-corrected chi connectivity index (χ2v) is 10.2. The van der Waals surface area contributed by atoms with Crippen LogP contribution in [0.1, 0.15) is 41.4 Å². The fourth-order valence-corrected chi connectivity index (χ4v) is 5.67. The minimum atomic E-state index is -3.34. The molecule has 1 fully saturated rings. The van der Waals surface area contributed by atoms with E-state index in [2.05, 4.69) is 22.3 Å². The minimum Gasteiger partial charge on any atom is -0.378 e. The molecule has 0 radical (unpaired) electrons. The molecule has 0 saturated carbocycles. The van der Waals surface area contributed by atoms with Crippen molar-refractivity contribution in [2.45, 2.75) is 32.4 Å². The van der Waals surface area contributed by atoms with E-state index in [0.717, 1.165) is 43.1 Å². The third-order valence-corrected chi connectivity index (χ3v) is 7.24. The Kier molecular flexibility index (Phi) is 5.94. The summed E-state index contributed by atoms with van der Waals surface area (Å²) < 4.78 is 31.0. The van der Waals surface area contributed by atoms with E-state index in [1.54, 1.807) is 18.2 Å². The first-order valence-electron chi connectivity index (χ1n) is 10.6. The van der Waals surface area contributed by atoms with Crippen LogP contribution in [0.5, 0.6) is 0 Å². The average Bonchev–Trinajstić information content (AvgIpc) is 3.09. The van der Waals surface area contributed by atoms with Crippen LogP contribution in [0, 0.1) is 0 Å². The number of nitrogens with one attached hydrogen (secondary N) is 1. The summed E-state index contributed by atoms with van der Waals surface area (Å²) in [6.45, 7) is 7.11. The molecule has 7 nitrogen and oxygen atoms in total. The maximum atomic E-state index is 12.8. The van der Waals surface area contributed by atoms with Crippen LogP contribution in [0.15, 0.2) is 42.5 Å². The third kappa shape index (κ3) is 4.55. The third-order valence-electron chi connectivity index (χ3n) is 5.97. The molecule has 8 heteroatoms. The van der Waals surface area contributed by atoms with Crippen LogP contribution < -0.4 is 14.5 Å². The highest BCUT2D eigenvalue weighted by Gasteiger charge is 2.32. The molecular weight excluding hydrogens is 414 g/mol. The fraction of sp³-hybridized carbons (Fsp3) is 0.435. The number of carbonyl (C=O) groups excluding carboxylic acids is 1. The summed E-state index contributed by atoms with van der Waals surface area (Å²) in [6.07, 6.45) is 1.81. The van der Waals surface area contributed by atoms with Crippen molar-refractivity contribution < 1.29 is 17.9 Å². The van der Waals surface area contributed by atoms with Crippen molar-refractivity contribution in [3.63, 3.8) is 0 Å². The van der Waals surface area contributed by atoms with Crippen LogP contribution in [0.25, 0.3) is 0 Å². The average molecular weight is 444 g/mol. The summed E-state index contributed by atoms with van der Waals surface area (Å²) in [7, 11) is -3.34. The monoisotopic (exact) mass is 443 g/mol. The number of hydrogen-bond acceptors (Lipinski definition) is 5. The molecule has 0 aliphatic carbocycles. The molecular formula is C23H29N3O4S. The number of carbonyl (C=O) groups is 1. The molecule has 1 N–H and O–H groups in total. The van der Waals surface area contributed by atoms with E-state index in [1.165, 1.54) is 10.6 Å². The molecule has 2 aliphatic rings. The molecule has 2 unspecified atom stereocenters. The van der Waals surface area contributed by atoms with Crippen molar-refractivity contribution in [3.8, 4) is 0 Å². The zero-order chi connectivity index (χ0) is 22.2. The molecule has 0 aromatic heterocycles. The van der Waals surface area contributed by atoms with Crippen molar-refractivity contribution in [2.75, 3.05) is 41.8 Å². The van der Waals surface area contributed by atoms with Crippen molar-refractivity contribution in [1.82, 2.24) is 5.32 Å². The van der Waals surface area contributed by atoms with Gasteiger partial charge in [-0.05, 0) is 61.7 Å². The van der Waals surface area contributed by atoms with Crippen molar-refractivity contribution in [1.29, 1.82) is 0 Å². The van der Waals surface area contributed by atoms with E-state index in [4.69, 9.17) is 4.74 Å². The summed E-state index contributed by atoms with van der Waals surface area (Å²) in [5.41, 5.74) is 4.28. The van der Waals surface area contributed by atoms with Gasteiger partial charge in [0.2, 0.25) is 10.0 Å².